The van der Waals surface area contributed by atoms with Gasteiger partial charge in [-0.2, -0.15) is 0 Å². The largest absolute Gasteiger partial charge is 0.399 e. The van der Waals surface area contributed by atoms with Gasteiger partial charge in [0.2, 0.25) is 10.0 Å². The van der Waals surface area contributed by atoms with E-state index in [-0.39, 0.29) is 18.1 Å². The zero-order valence-corrected chi connectivity index (χ0v) is 11.5. The number of nitrogens with two attached hydrogens (primary N) is 1. The van der Waals surface area contributed by atoms with Crippen LogP contribution in [0.2, 0.25) is 0 Å². The summed E-state index contributed by atoms with van der Waals surface area (Å²) in [5.74, 6) is 0. The summed E-state index contributed by atoms with van der Waals surface area (Å²) in [7, 11) is -2.23. The molecule has 0 atom stereocenters. The highest BCUT2D eigenvalue weighted by Gasteiger charge is 2.16. The molecule has 0 bridgehead atoms. The summed E-state index contributed by atoms with van der Waals surface area (Å²) >= 11 is 0. The molecule has 1 rings (SSSR count). The molecule has 0 fully saturated rings. The molecule has 1 aromatic rings. The number of benzene rings is 1. The summed E-state index contributed by atoms with van der Waals surface area (Å²) < 4.78 is 31.0. The molecule has 108 valence electrons. The van der Waals surface area contributed by atoms with Gasteiger partial charge in [0.25, 0.3) is 0 Å². The van der Waals surface area contributed by atoms with E-state index in [4.69, 9.17) is 15.6 Å². The lowest BCUT2D eigenvalue weighted by Crippen LogP contribution is -2.21. The van der Waals surface area contributed by atoms with Gasteiger partial charge in [-0.3, -0.25) is 0 Å². The molecule has 0 spiro atoms. The van der Waals surface area contributed by atoms with Crippen molar-refractivity contribution in [3.8, 4) is 0 Å². The van der Waals surface area contributed by atoms with Gasteiger partial charge in [0, 0.05) is 12.2 Å². The summed E-state index contributed by atoms with van der Waals surface area (Å²) in [4.78, 5) is 0.0946. The molecule has 0 aliphatic rings. The van der Waals surface area contributed by atoms with Crippen LogP contribution < -0.4 is 15.8 Å². The first-order valence-corrected chi connectivity index (χ1v) is 7.25. The Kier molecular flexibility index (Phi) is 6.03. The Hall–Kier alpha value is -1.35. The van der Waals surface area contributed by atoms with Crippen molar-refractivity contribution in [2.24, 2.45) is 0 Å². The Morgan fingerprint density at radius 2 is 2.11 bits per heavy atom. The second-order valence-electron chi connectivity index (χ2n) is 3.73. The average molecular weight is 289 g/mol. The highest BCUT2D eigenvalue weighted by atomic mass is 32.2. The van der Waals surface area contributed by atoms with Crippen LogP contribution in [0.25, 0.3) is 0 Å². The number of nitrogens with one attached hydrogen (secondary N) is 2. The van der Waals surface area contributed by atoms with Crippen molar-refractivity contribution in [3.63, 3.8) is 0 Å². The van der Waals surface area contributed by atoms with Gasteiger partial charge in [0.15, 0.2) is 0 Å². The van der Waals surface area contributed by atoms with Crippen LogP contribution in [0.4, 0.5) is 11.4 Å². The Bertz CT molecular complexity index is 505. The first-order chi connectivity index (χ1) is 9.01. The van der Waals surface area contributed by atoms with Gasteiger partial charge in [-0.05, 0) is 25.2 Å². The minimum Gasteiger partial charge on any atom is -0.399 e. The van der Waals surface area contributed by atoms with Crippen LogP contribution in [-0.4, -0.2) is 46.9 Å². The van der Waals surface area contributed by atoms with Crippen molar-refractivity contribution in [1.82, 2.24) is 4.72 Å². The first kappa shape index (κ1) is 15.7. The molecule has 19 heavy (non-hydrogen) atoms. The second kappa shape index (κ2) is 7.29. The quantitative estimate of drug-likeness (QED) is 0.382. The highest BCUT2D eigenvalue weighted by molar-refractivity contribution is 7.89. The van der Waals surface area contributed by atoms with Crippen molar-refractivity contribution in [1.29, 1.82) is 0 Å². The van der Waals surface area contributed by atoms with Crippen LogP contribution in [0.15, 0.2) is 23.1 Å². The molecule has 0 aliphatic heterocycles. The summed E-state index contributed by atoms with van der Waals surface area (Å²) in [5, 5.41) is 11.5. The van der Waals surface area contributed by atoms with Crippen LogP contribution >= 0.6 is 0 Å². The van der Waals surface area contributed by atoms with E-state index in [1.165, 1.54) is 13.1 Å². The third-order valence-corrected chi connectivity index (χ3v) is 3.82. The lowest BCUT2D eigenvalue weighted by Gasteiger charge is -2.12. The van der Waals surface area contributed by atoms with Gasteiger partial charge >= 0.3 is 0 Å². The normalized spacial score (nSPS) is 11.5. The summed E-state index contributed by atoms with van der Waals surface area (Å²) in [5.41, 5.74) is 6.43. The molecule has 0 unspecified atom stereocenters. The van der Waals surface area contributed by atoms with Gasteiger partial charge in [-0.25, -0.2) is 13.1 Å². The van der Waals surface area contributed by atoms with Crippen molar-refractivity contribution < 1.29 is 18.3 Å². The van der Waals surface area contributed by atoms with E-state index in [2.05, 4.69) is 10.0 Å². The number of anilines is 2. The number of sulfonamides is 1. The Morgan fingerprint density at radius 1 is 1.37 bits per heavy atom. The van der Waals surface area contributed by atoms with Crippen LogP contribution in [0.5, 0.6) is 0 Å². The predicted molar refractivity (Wildman–Crippen MR) is 73.5 cm³/mol. The lowest BCUT2D eigenvalue weighted by atomic mass is 10.3. The summed E-state index contributed by atoms with van der Waals surface area (Å²) in [6, 6.07) is 4.61. The SMILES string of the molecule is CNS(=O)(=O)c1cc(N)ccc1NCCOCCO. The number of rotatable bonds is 8. The van der Waals surface area contributed by atoms with Gasteiger partial charge < -0.3 is 20.9 Å². The van der Waals surface area contributed by atoms with Crippen molar-refractivity contribution in [2.75, 3.05) is 44.5 Å². The number of aliphatic hydroxyl groups is 1. The maximum atomic E-state index is 11.8. The van der Waals surface area contributed by atoms with Crippen molar-refractivity contribution in [3.05, 3.63) is 18.2 Å². The Balaban J connectivity index is 2.78. The first-order valence-electron chi connectivity index (χ1n) is 5.77. The van der Waals surface area contributed by atoms with E-state index in [1.54, 1.807) is 12.1 Å². The molecular formula is C11H19N3O4S. The average Bonchev–Trinajstić information content (AvgIpc) is 2.40. The number of hydrogen-bond donors (Lipinski definition) is 4. The molecule has 7 nitrogen and oxygen atoms in total. The maximum absolute atomic E-state index is 11.8. The molecule has 0 saturated carbocycles. The standard InChI is InChI=1S/C11H19N3O4S/c1-13-19(16,17)11-8-9(12)2-3-10(11)14-4-6-18-7-5-15/h2-3,8,13-15H,4-7,12H2,1H3. The molecule has 0 amide bonds. The van der Waals surface area contributed by atoms with E-state index in [9.17, 15) is 8.42 Å². The zero-order valence-electron chi connectivity index (χ0n) is 10.7. The zero-order chi connectivity index (χ0) is 14.3. The van der Waals surface area contributed by atoms with Crippen molar-refractivity contribution >= 4 is 21.4 Å². The summed E-state index contributed by atoms with van der Waals surface area (Å²) in [6.45, 7) is 1.01. The molecule has 1 aromatic carbocycles. The smallest absolute Gasteiger partial charge is 0.242 e. The van der Waals surface area contributed by atoms with Gasteiger partial charge in [-0.15, -0.1) is 0 Å². The second-order valence-corrected chi connectivity index (χ2v) is 5.58. The van der Waals surface area contributed by atoms with E-state index < -0.39 is 10.0 Å². The van der Waals surface area contributed by atoms with E-state index >= 15 is 0 Å². The Labute approximate surface area is 112 Å². The number of ether oxygens (including phenoxy) is 1. The van der Waals surface area contributed by atoms with Crippen LogP contribution in [-0.2, 0) is 14.8 Å². The predicted octanol–water partition coefficient (Wildman–Crippen LogP) is -0.402. The molecular weight excluding hydrogens is 270 g/mol. The molecule has 0 radical (unpaired) electrons. The van der Waals surface area contributed by atoms with Crippen LogP contribution in [0.1, 0.15) is 0 Å². The molecule has 5 N–H and O–H groups in total. The fourth-order valence-electron chi connectivity index (χ4n) is 1.44. The van der Waals surface area contributed by atoms with Crippen LogP contribution in [0.3, 0.4) is 0 Å². The molecule has 0 aliphatic carbocycles. The van der Waals surface area contributed by atoms with Gasteiger partial charge in [0.05, 0.1) is 25.5 Å². The fourth-order valence-corrected chi connectivity index (χ4v) is 2.38. The Morgan fingerprint density at radius 3 is 2.74 bits per heavy atom. The third kappa shape index (κ3) is 4.67. The van der Waals surface area contributed by atoms with E-state index in [0.29, 0.717) is 24.5 Å². The molecule has 0 heterocycles. The highest BCUT2D eigenvalue weighted by Crippen LogP contribution is 2.23. The minimum absolute atomic E-state index is 0.0404. The molecule has 0 saturated heterocycles. The fraction of sp³-hybridized carbons (Fsp3) is 0.455. The monoisotopic (exact) mass is 289 g/mol. The van der Waals surface area contributed by atoms with Gasteiger partial charge in [0.1, 0.15) is 4.90 Å². The molecule has 0 aromatic heterocycles. The number of aliphatic hydroxyl groups excluding tert-OH is 1. The lowest BCUT2D eigenvalue weighted by molar-refractivity contribution is 0.0992. The minimum atomic E-state index is -3.57. The number of nitrogen functional groups attached to an aromatic ring is 1. The maximum Gasteiger partial charge on any atom is 0.242 e. The van der Waals surface area contributed by atoms with Crippen LogP contribution in [0, 0.1) is 0 Å². The third-order valence-electron chi connectivity index (χ3n) is 2.36. The summed E-state index contributed by atoms with van der Waals surface area (Å²) in [6.07, 6.45) is 0. The topological polar surface area (TPSA) is 114 Å². The molecule has 8 heteroatoms. The van der Waals surface area contributed by atoms with E-state index in [0.717, 1.165) is 0 Å². The number of hydrogen-bond acceptors (Lipinski definition) is 6. The van der Waals surface area contributed by atoms with Gasteiger partial charge in [-0.1, -0.05) is 0 Å². The van der Waals surface area contributed by atoms with Crippen molar-refractivity contribution in [2.45, 2.75) is 4.90 Å². The van der Waals surface area contributed by atoms with E-state index in [1.807, 2.05) is 0 Å².